The van der Waals surface area contributed by atoms with E-state index in [9.17, 15) is 0 Å². The van der Waals surface area contributed by atoms with Gasteiger partial charge in [-0.05, 0) is 44.2 Å². The lowest BCUT2D eigenvalue weighted by Crippen LogP contribution is -2.40. The molecule has 0 atom stereocenters. The van der Waals surface area contributed by atoms with Gasteiger partial charge in [0.05, 0.1) is 0 Å². The predicted octanol–water partition coefficient (Wildman–Crippen LogP) is 3.76. The molecule has 0 saturated heterocycles. The van der Waals surface area contributed by atoms with Crippen LogP contribution in [0, 0.1) is 0 Å². The Balaban J connectivity index is 2.11. The Morgan fingerprint density at radius 1 is 0.842 bits per heavy atom. The summed E-state index contributed by atoms with van der Waals surface area (Å²) in [5.74, 6) is 0. The van der Waals surface area contributed by atoms with Crippen LogP contribution in [0.3, 0.4) is 0 Å². The average molecular weight is 254 g/mol. The van der Waals surface area contributed by atoms with E-state index in [1.165, 1.54) is 11.1 Å². The summed E-state index contributed by atoms with van der Waals surface area (Å²) >= 11 is 0. The third-order valence-electron chi connectivity index (χ3n) is 3.09. The maximum absolute atomic E-state index is 3.54. The number of likely N-dealkylation sites (N-methyl/N-ethyl adjacent to an activating group) is 1. The molecule has 2 heteroatoms. The molecule has 0 aromatic heterocycles. The van der Waals surface area contributed by atoms with Gasteiger partial charge in [0.2, 0.25) is 0 Å². The first-order chi connectivity index (χ1) is 9.11. The van der Waals surface area contributed by atoms with E-state index < -0.39 is 0 Å². The van der Waals surface area contributed by atoms with Crippen LogP contribution in [-0.2, 0) is 0 Å². The van der Waals surface area contributed by atoms with Crippen molar-refractivity contribution in [2.75, 3.05) is 18.9 Å². The van der Waals surface area contributed by atoms with Crippen LogP contribution in [0.2, 0.25) is 0 Å². The van der Waals surface area contributed by atoms with Gasteiger partial charge in [-0.3, -0.25) is 0 Å². The molecule has 0 spiro atoms. The quantitative estimate of drug-likeness (QED) is 0.849. The fourth-order valence-corrected chi connectivity index (χ4v) is 2.25. The molecule has 2 aromatic carbocycles. The molecule has 2 aromatic rings. The molecule has 2 rings (SSSR count). The second-order valence-electron chi connectivity index (χ2n) is 5.48. The van der Waals surface area contributed by atoms with Crippen molar-refractivity contribution in [3.63, 3.8) is 0 Å². The minimum absolute atomic E-state index is 0.0447. The van der Waals surface area contributed by atoms with E-state index in [1.807, 2.05) is 13.1 Å². The first kappa shape index (κ1) is 13.6. The highest BCUT2D eigenvalue weighted by Crippen LogP contribution is 2.22. The molecule has 19 heavy (non-hydrogen) atoms. The van der Waals surface area contributed by atoms with Crippen LogP contribution in [0.4, 0.5) is 5.69 Å². The molecular weight excluding hydrogens is 232 g/mol. The van der Waals surface area contributed by atoms with Gasteiger partial charge in [0.1, 0.15) is 0 Å². The lowest BCUT2D eigenvalue weighted by atomic mass is 10.0. The fourth-order valence-electron chi connectivity index (χ4n) is 2.25. The van der Waals surface area contributed by atoms with E-state index >= 15 is 0 Å². The van der Waals surface area contributed by atoms with Gasteiger partial charge in [-0.2, -0.15) is 0 Å². The molecule has 0 radical (unpaired) electrons. The van der Waals surface area contributed by atoms with E-state index in [-0.39, 0.29) is 5.54 Å². The van der Waals surface area contributed by atoms with E-state index in [0.717, 1.165) is 12.2 Å². The summed E-state index contributed by atoms with van der Waals surface area (Å²) in [6.45, 7) is 5.30. The number of hydrogen-bond donors (Lipinski definition) is 2. The van der Waals surface area contributed by atoms with Gasteiger partial charge in [-0.25, -0.2) is 0 Å². The van der Waals surface area contributed by atoms with E-state index in [2.05, 4.69) is 73.0 Å². The van der Waals surface area contributed by atoms with Crippen LogP contribution < -0.4 is 10.6 Å². The lowest BCUT2D eigenvalue weighted by molar-refractivity contribution is 0.530. The van der Waals surface area contributed by atoms with Gasteiger partial charge < -0.3 is 10.6 Å². The SMILES string of the molecule is CNCC(C)(C)Nc1ccc(-c2ccccc2)cc1. The molecule has 2 N–H and O–H groups in total. The molecule has 0 aliphatic carbocycles. The van der Waals surface area contributed by atoms with Crippen LogP contribution in [0.15, 0.2) is 54.6 Å². The third kappa shape index (κ3) is 3.83. The van der Waals surface area contributed by atoms with Gasteiger partial charge in [0, 0.05) is 17.8 Å². The Bertz CT molecular complexity index is 501. The van der Waals surface area contributed by atoms with Crippen molar-refractivity contribution in [3.05, 3.63) is 54.6 Å². The summed E-state index contributed by atoms with van der Waals surface area (Å²) in [7, 11) is 1.97. The highest BCUT2D eigenvalue weighted by molar-refractivity contribution is 5.66. The summed E-state index contributed by atoms with van der Waals surface area (Å²) in [6.07, 6.45) is 0. The average Bonchev–Trinajstić information content (AvgIpc) is 2.40. The van der Waals surface area contributed by atoms with Crippen LogP contribution in [0.1, 0.15) is 13.8 Å². The van der Waals surface area contributed by atoms with Crippen molar-refractivity contribution in [2.45, 2.75) is 19.4 Å². The maximum Gasteiger partial charge on any atom is 0.0441 e. The van der Waals surface area contributed by atoms with Gasteiger partial charge >= 0.3 is 0 Å². The fraction of sp³-hybridized carbons (Fsp3) is 0.294. The number of nitrogens with one attached hydrogen (secondary N) is 2. The molecular formula is C17H22N2. The monoisotopic (exact) mass is 254 g/mol. The second kappa shape index (κ2) is 5.89. The van der Waals surface area contributed by atoms with Crippen molar-refractivity contribution in [1.29, 1.82) is 0 Å². The minimum Gasteiger partial charge on any atom is -0.379 e. The van der Waals surface area contributed by atoms with Crippen molar-refractivity contribution in [3.8, 4) is 11.1 Å². The molecule has 0 heterocycles. The number of benzene rings is 2. The summed E-state index contributed by atoms with van der Waals surface area (Å²) in [5, 5.41) is 6.74. The van der Waals surface area contributed by atoms with E-state index in [4.69, 9.17) is 0 Å². The summed E-state index contributed by atoms with van der Waals surface area (Å²) in [4.78, 5) is 0. The third-order valence-corrected chi connectivity index (χ3v) is 3.09. The number of anilines is 1. The first-order valence-corrected chi connectivity index (χ1v) is 6.69. The van der Waals surface area contributed by atoms with Crippen molar-refractivity contribution in [2.24, 2.45) is 0 Å². The van der Waals surface area contributed by atoms with Crippen LogP contribution in [0.25, 0.3) is 11.1 Å². The largest absolute Gasteiger partial charge is 0.379 e. The highest BCUT2D eigenvalue weighted by Gasteiger charge is 2.15. The standard InChI is InChI=1S/C17H22N2/c1-17(2,13-18-3)19-16-11-9-15(10-12-16)14-7-5-4-6-8-14/h4-12,18-19H,13H2,1-3H3. The zero-order valence-corrected chi connectivity index (χ0v) is 11.9. The van der Waals surface area contributed by atoms with Crippen LogP contribution >= 0.6 is 0 Å². The maximum atomic E-state index is 3.54. The van der Waals surface area contributed by atoms with Crippen molar-refractivity contribution in [1.82, 2.24) is 5.32 Å². The highest BCUT2D eigenvalue weighted by atomic mass is 15.0. The molecule has 0 fully saturated rings. The lowest BCUT2D eigenvalue weighted by Gasteiger charge is -2.27. The Labute approximate surface area is 115 Å². The zero-order chi connectivity index (χ0) is 13.7. The van der Waals surface area contributed by atoms with Crippen molar-refractivity contribution >= 4 is 5.69 Å². The normalized spacial score (nSPS) is 11.3. The molecule has 2 nitrogen and oxygen atoms in total. The molecule has 0 aliphatic rings. The smallest absolute Gasteiger partial charge is 0.0441 e. The Morgan fingerprint density at radius 3 is 2.00 bits per heavy atom. The Kier molecular flexibility index (Phi) is 4.23. The first-order valence-electron chi connectivity index (χ1n) is 6.69. The minimum atomic E-state index is 0.0447. The summed E-state index contributed by atoms with van der Waals surface area (Å²) in [6, 6.07) is 19.0. The van der Waals surface area contributed by atoms with E-state index in [1.54, 1.807) is 0 Å². The molecule has 0 amide bonds. The zero-order valence-electron chi connectivity index (χ0n) is 11.9. The van der Waals surface area contributed by atoms with Crippen LogP contribution in [-0.4, -0.2) is 19.1 Å². The second-order valence-corrected chi connectivity index (χ2v) is 5.48. The Hall–Kier alpha value is -1.80. The predicted molar refractivity (Wildman–Crippen MR) is 83.5 cm³/mol. The summed E-state index contributed by atoms with van der Waals surface area (Å²) in [5.41, 5.74) is 3.70. The van der Waals surface area contributed by atoms with Crippen molar-refractivity contribution < 1.29 is 0 Å². The van der Waals surface area contributed by atoms with Crippen LogP contribution in [0.5, 0.6) is 0 Å². The van der Waals surface area contributed by atoms with Gasteiger partial charge in [-0.15, -0.1) is 0 Å². The van der Waals surface area contributed by atoms with Gasteiger partial charge in [0.15, 0.2) is 0 Å². The molecule has 0 aliphatic heterocycles. The topological polar surface area (TPSA) is 24.1 Å². The molecule has 0 bridgehead atoms. The van der Waals surface area contributed by atoms with Gasteiger partial charge in [-0.1, -0.05) is 42.5 Å². The van der Waals surface area contributed by atoms with E-state index in [0.29, 0.717) is 0 Å². The number of hydrogen-bond acceptors (Lipinski definition) is 2. The molecule has 100 valence electrons. The molecule has 0 saturated carbocycles. The molecule has 0 unspecified atom stereocenters. The summed E-state index contributed by atoms with van der Waals surface area (Å²) < 4.78 is 0. The number of rotatable bonds is 5. The Morgan fingerprint density at radius 2 is 1.42 bits per heavy atom. The van der Waals surface area contributed by atoms with Gasteiger partial charge in [0.25, 0.3) is 0 Å².